The van der Waals surface area contributed by atoms with Crippen LogP contribution in [0.2, 0.25) is 5.02 Å². The minimum atomic E-state index is -0.474. The Balaban J connectivity index is 1.82. The van der Waals surface area contributed by atoms with Crippen LogP contribution in [0.3, 0.4) is 0 Å². The first-order chi connectivity index (χ1) is 9.60. The molecule has 5 unspecified atom stereocenters. The lowest BCUT2D eigenvalue weighted by Crippen LogP contribution is -2.35. The molecule has 2 fully saturated rings. The fraction of sp³-hybridized carbons (Fsp3) is 0.625. The van der Waals surface area contributed by atoms with Gasteiger partial charge >= 0.3 is 0 Å². The number of aliphatic hydroxyl groups is 1. The van der Waals surface area contributed by atoms with E-state index in [2.05, 4.69) is 0 Å². The molecule has 4 heteroatoms. The number of benzene rings is 1. The zero-order valence-electron chi connectivity index (χ0n) is 11.4. The van der Waals surface area contributed by atoms with Gasteiger partial charge in [0.25, 0.3) is 0 Å². The first-order valence-electron chi connectivity index (χ1n) is 7.43. The summed E-state index contributed by atoms with van der Waals surface area (Å²) in [6, 6.07) is 4.34. The van der Waals surface area contributed by atoms with E-state index in [0.717, 1.165) is 17.9 Å². The van der Waals surface area contributed by atoms with Crippen molar-refractivity contribution >= 4 is 11.6 Å². The normalized spacial score (nSPS) is 31.5. The number of nitrogens with two attached hydrogens (primary N) is 1. The number of fused-ring (bicyclic) bond motifs is 2. The lowest BCUT2D eigenvalue weighted by molar-refractivity contribution is 0.0532. The van der Waals surface area contributed by atoms with E-state index in [9.17, 15) is 9.50 Å². The van der Waals surface area contributed by atoms with E-state index in [1.165, 1.54) is 31.4 Å². The van der Waals surface area contributed by atoms with E-state index in [1.807, 2.05) is 0 Å². The highest BCUT2D eigenvalue weighted by Crippen LogP contribution is 2.51. The standard InChI is InChI=1S/C16H21ClFNO/c17-15-7-11(18)3-4-12(15)14(8-19)16(20)13-6-9-1-2-10(13)5-9/h3-4,7,9-10,13-14,16,20H,1-2,5-6,8,19H2. The van der Waals surface area contributed by atoms with E-state index >= 15 is 0 Å². The minimum Gasteiger partial charge on any atom is -0.392 e. The quantitative estimate of drug-likeness (QED) is 0.895. The van der Waals surface area contributed by atoms with Crippen LogP contribution in [0.25, 0.3) is 0 Å². The molecule has 20 heavy (non-hydrogen) atoms. The van der Waals surface area contributed by atoms with Crippen LogP contribution in [0.5, 0.6) is 0 Å². The van der Waals surface area contributed by atoms with Crippen molar-refractivity contribution in [3.05, 3.63) is 34.6 Å². The molecule has 1 aromatic rings. The summed E-state index contributed by atoms with van der Waals surface area (Å²) in [4.78, 5) is 0. The van der Waals surface area contributed by atoms with Crippen molar-refractivity contribution in [3.63, 3.8) is 0 Å². The fourth-order valence-corrected chi connectivity index (χ4v) is 4.57. The van der Waals surface area contributed by atoms with Crippen molar-refractivity contribution in [2.75, 3.05) is 6.54 Å². The molecule has 110 valence electrons. The number of hydrogen-bond acceptors (Lipinski definition) is 2. The number of aliphatic hydroxyl groups excluding tert-OH is 1. The molecule has 0 heterocycles. The topological polar surface area (TPSA) is 46.2 Å². The summed E-state index contributed by atoms with van der Waals surface area (Å²) < 4.78 is 13.2. The van der Waals surface area contributed by atoms with Crippen molar-refractivity contribution in [1.82, 2.24) is 0 Å². The van der Waals surface area contributed by atoms with Crippen molar-refractivity contribution in [2.45, 2.75) is 37.7 Å². The van der Waals surface area contributed by atoms with Crippen molar-refractivity contribution < 1.29 is 9.50 Å². The number of hydrogen-bond donors (Lipinski definition) is 2. The van der Waals surface area contributed by atoms with Gasteiger partial charge in [-0.25, -0.2) is 4.39 Å². The maximum atomic E-state index is 13.2. The Hall–Kier alpha value is -0.640. The second-order valence-corrected chi connectivity index (χ2v) is 6.74. The Kier molecular flexibility index (Phi) is 4.02. The van der Waals surface area contributed by atoms with Crippen LogP contribution in [0.1, 0.15) is 37.2 Å². The minimum absolute atomic E-state index is 0.201. The SMILES string of the molecule is NCC(c1ccc(F)cc1Cl)C(O)C1CC2CCC1C2. The molecule has 2 bridgehead atoms. The highest BCUT2D eigenvalue weighted by molar-refractivity contribution is 6.31. The molecule has 0 aromatic heterocycles. The summed E-state index contributed by atoms with van der Waals surface area (Å²) in [5.74, 6) is 1.17. The monoisotopic (exact) mass is 297 g/mol. The molecule has 0 spiro atoms. The third kappa shape index (κ3) is 2.47. The molecule has 3 N–H and O–H groups in total. The molecule has 3 rings (SSSR count). The molecule has 0 aliphatic heterocycles. The fourth-order valence-electron chi connectivity index (χ4n) is 4.26. The summed E-state index contributed by atoms with van der Waals surface area (Å²) in [6.07, 6.45) is 4.40. The van der Waals surface area contributed by atoms with Gasteiger partial charge in [-0.2, -0.15) is 0 Å². The molecule has 1 aromatic carbocycles. The summed E-state index contributed by atoms with van der Waals surface area (Å²) in [5, 5.41) is 11.1. The van der Waals surface area contributed by atoms with Crippen LogP contribution in [-0.4, -0.2) is 17.8 Å². The predicted octanol–water partition coefficient (Wildman–Crippen LogP) is 3.32. The lowest BCUT2D eigenvalue weighted by Gasteiger charge is -2.32. The molecule has 2 aliphatic carbocycles. The number of halogens is 2. The first-order valence-corrected chi connectivity index (χ1v) is 7.81. The summed E-state index contributed by atoms with van der Waals surface area (Å²) in [5.41, 5.74) is 6.64. The van der Waals surface area contributed by atoms with Crippen LogP contribution in [-0.2, 0) is 0 Å². The second kappa shape index (κ2) is 5.63. The molecule has 0 radical (unpaired) electrons. The summed E-state index contributed by atoms with van der Waals surface area (Å²) in [6.45, 7) is 0.334. The zero-order valence-corrected chi connectivity index (χ0v) is 12.2. The van der Waals surface area contributed by atoms with Crippen molar-refractivity contribution in [1.29, 1.82) is 0 Å². The zero-order chi connectivity index (χ0) is 14.3. The molecular formula is C16H21ClFNO. The van der Waals surface area contributed by atoms with Crippen molar-refractivity contribution in [2.24, 2.45) is 23.5 Å². The van der Waals surface area contributed by atoms with Gasteiger partial charge in [-0.3, -0.25) is 0 Å². The lowest BCUT2D eigenvalue weighted by atomic mass is 9.77. The third-order valence-corrected chi connectivity index (χ3v) is 5.59. The Morgan fingerprint density at radius 3 is 2.70 bits per heavy atom. The van der Waals surface area contributed by atoms with E-state index in [4.69, 9.17) is 17.3 Å². The van der Waals surface area contributed by atoms with Gasteiger partial charge in [0, 0.05) is 17.5 Å². The van der Waals surface area contributed by atoms with Crippen LogP contribution in [0.15, 0.2) is 18.2 Å². The molecule has 5 atom stereocenters. The second-order valence-electron chi connectivity index (χ2n) is 6.34. The summed E-state index contributed by atoms with van der Waals surface area (Å²) >= 11 is 6.13. The Bertz CT molecular complexity index is 495. The Morgan fingerprint density at radius 2 is 2.15 bits per heavy atom. The molecular weight excluding hydrogens is 277 g/mol. The maximum Gasteiger partial charge on any atom is 0.124 e. The van der Waals surface area contributed by atoms with E-state index in [-0.39, 0.29) is 11.7 Å². The van der Waals surface area contributed by atoms with Gasteiger partial charge in [0.2, 0.25) is 0 Å². The van der Waals surface area contributed by atoms with E-state index in [0.29, 0.717) is 23.4 Å². The van der Waals surface area contributed by atoms with Gasteiger partial charge in [-0.05, 0) is 54.7 Å². The largest absolute Gasteiger partial charge is 0.392 e. The number of rotatable bonds is 4. The van der Waals surface area contributed by atoms with Crippen LogP contribution in [0, 0.1) is 23.6 Å². The highest BCUT2D eigenvalue weighted by Gasteiger charge is 2.44. The maximum absolute atomic E-state index is 13.2. The third-order valence-electron chi connectivity index (χ3n) is 5.26. The Morgan fingerprint density at radius 1 is 1.35 bits per heavy atom. The first kappa shape index (κ1) is 14.3. The molecule has 2 nitrogen and oxygen atoms in total. The van der Waals surface area contributed by atoms with Crippen LogP contribution in [0.4, 0.5) is 4.39 Å². The smallest absolute Gasteiger partial charge is 0.124 e. The van der Waals surface area contributed by atoms with Gasteiger partial charge in [0.1, 0.15) is 5.82 Å². The van der Waals surface area contributed by atoms with Gasteiger partial charge in [0.15, 0.2) is 0 Å². The van der Waals surface area contributed by atoms with Gasteiger partial charge in [-0.15, -0.1) is 0 Å². The average Bonchev–Trinajstić information content (AvgIpc) is 3.04. The Labute approximate surface area is 124 Å². The van der Waals surface area contributed by atoms with Gasteiger partial charge < -0.3 is 10.8 Å². The van der Waals surface area contributed by atoms with Crippen molar-refractivity contribution in [3.8, 4) is 0 Å². The average molecular weight is 298 g/mol. The van der Waals surface area contributed by atoms with Gasteiger partial charge in [0.05, 0.1) is 6.10 Å². The molecule has 2 aliphatic rings. The molecule has 2 saturated carbocycles. The van der Waals surface area contributed by atoms with E-state index in [1.54, 1.807) is 6.07 Å². The van der Waals surface area contributed by atoms with Gasteiger partial charge in [-0.1, -0.05) is 24.1 Å². The highest BCUT2D eigenvalue weighted by atomic mass is 35.5. The predicted molar refractivity (Wildman–Crippen MR) is 78.2 cm³/mol. The summed E-state index contributed by atoms with van der Waals surface area (Å²) in [7, 11) is 0. The van der Waals surface area contributed by atoms with Crippen LogP contribution >= 0.6 is 11.6 Å². The van der Waals surface area contributed by atoms with E-state index < -0.39 is 6.10 Å². The molecule has 0 saturated heterocycles. The van der Waals surface area contributed by atoms with Crippen LogP contribution < -0.4 is 5.73 Å². The molecule has 0 amide bonds.